The molecule has 1 N–H and O–H groups in total. The van der Waals surface area contributed by atoms with Crippen LogP contribution in [0.1, 0.15) is 29.2 Å². The number of pyridine rings is 1. The van der Waals surface area contributed by atoms with E-state index in [1.807, 2.05) is 54.6 Å². The normalized spacial score (nSPS) is 28.8. The Hall–Kier alpha value is -1.97. The summed E-state index contributed by atoms with van der Waals surface area (Å²) in [6.45, 7) is 0. The van der Waals surface area contributed by atoms with Crippen molar-refractivity contribution in [2.24, 2.45) is 0 Å². The minimum Gasteiger partial charge on any atom is -0.476 e. The van der Waals surface area contributed by atoms with Gasteiger partial charge >= 0.3 is 0 Å². The van der Waals surface area contributed by atoms with E-state index in [1.165, 1.54) is 6.20 Å². The second kappa shape index (κ2) is 7.53. The molecule has 1 aromatic heterocycles. The molecule has 6 nitrogen and oxygen atoms in total. The molecule has 2 heterocycles. The number of aromatic nitrogens is 1. The monoisotopic (exact) mass is 535 g/mol. The van der Waals surface area contributed by atoms with Crippen molar-refractivity contribution in [2.75, 3.05) is 6.26 Å². The highest BCUT2D eigenvalue weighted by atomic mass is 79.9. The summed E-state index contributed by atoms with van der Waals surface area (Å²) in [5.41, 5.74) is -1.51. The molecule has 5 rings (SSSR count). The molecule has 2 aromatic carbocycles. The quantitative estimate of drug-likeness (QED) is 0.494. The van der Waals surface area contributed by atoms with Gasteiger partial charge in [-0.1, -0.05) is 70.0 Å². The molecule has 1 fully saturated rings. The fourth-order valence-electron chi connectivity index (χ4n) is 5.04. The lowest BCUT2D eigenvalue weighted by Crippen LogP contribution is -2.53. The summed E-state index contributed by atoms with van der Waals surface area (Å²) in [4.78, 5) is 4.38. The van der Waals surface area contributed by atoms with Crippen LogP contribution in [-0.4, -0.2) is 30.9 Å². The van der Waals surface area contributed by atoms with Crippen LogP contribution < -0.4 is 4.74 Å². The SMILES string of the molecule is CS(=O)(=O)OC1CC(c2ccccc2)C2(c3ccc(Br)cc3)Oc3cc(Cl)cnc3C12O. The van der Waals surface area contributed by atoms with Gasteiger partial charge in [0.1, 0.15) is 17.5 Å². The van der Waals surface area contributed by atoms with Crippen LogP contribution in [-0.2, 0) is 25.5 Å². The molecule has 1 aliphatic carbocycles. The largest absolute Gasteiger partial charge is 0.476 e. The highest BCUT2D eigenvalue weighted by Gasteiger charge is 2.74. The Morgan fingerprint density at radius 1 is 1.19 bits per heavy atom. The van der Waals surface area contributed by atoms with Gasteiger partial charge in [-0.3, -0.25) is 9.17 Å². The highest BCUT2D eigenvalue weighted by Crippen LogP contribution is 2.67. The summed E-state index contributed by atoms with van der Waals surface area (Å²) >= 11 is 9.63. The van der Waals surface area contributed by atoms with Crippen molar-refractivity contribution in [2.45, 2.75) is 29.6 Å². The number of nitrogens with zero attached hydrogens (tertiary/aromatic N) is 1. The van der Waals surface area contributed by atoms with E-state index in [0.29, 0.717) is 16.3 Å². The van der Waals surface area contributed by atoms with Crippen molar-refractivity contribution in [3.8, 4) is 5.75 Å². The number of aliphatic hydroxyl groups is 1. The molecule has 2 aliphatic rings. The molecule has 166 valence electrons. The molecule has 3 aromatic rings. The lowest BCUT2D eigenvalue weighted by atomic mass is 9.72. The van der Waals surface area contributed by atoms with E-state index < -0.39 is 33.3 Å². The van der Waals surface area contributed by atoms with Crippen LogP contribution in [0.5, 0.6) is 5.75 Å². The van der Waals surface area contributed by atoms with Gasteiger partial charge < -0.3 is 9.84 Å². The molecule has 32 heavy (non-hydrogen) atoms. The summed E-state index contributed by atoms with van der Waals surface area (Å²) < 4.78 is 37.3. The average Bonchev–Trinajstić information content (AvgIpc) is 3.13. The van der Waals surface area contributed by atoms with Crippen molar-refractivity contribution in [1.82, 2.24) is 4.98 Å². The van der Waals surface area contributed by atoms with E-state index in [4.69, 9.17) is 20.5 Å². The molecule has 9 heteroatoms. The van der Waals surface area contributed by atoms with E-state index >= 15 is 0 Å². The average molecular weight is 537 g/mol. The van der Waals surface area contributed by atoms with Gasteiger partial charge in [-0.25, -0.2) is 0 Å². The van der Waals surface area contributed by atoms with Crippen molar-refractivity contribution in [3.05, 3.63) is 93.2 Å². The zero-order chi connectivity index (χ0) is 22.7. The first-order valence-corrected chi connectivity index (χ1v) is 12.9. The Bertz CT molecular complexity index is 1290. The number of benzene rings is 2. The van der Waals surface area contributed by atoms with E-state index in [0.717, 1.165) is 16.3 Å². The summed E-state index contributed by atoms with van der Waals surface area (Å²) in [7, 11) is -3.89. The minimum absolute atomic E-state index is 0.202. The predicted molar refractivity (Wildman–Crippen MR) is 123 cm³/mol. The molecule has 0 saturated heterocycles. The number of rotatable bonds is 4. The van der Waals surface area contributed by atoms with Crippen LogP contribution in [0.15, 0.2) is 71.3 Å². The first-order valence-electron chi connectivity index (χ1n) is 9.92. The second-order valence-corrected chi connectivity index (χ2v) is 11.1. The van der Waals surface area contributed by atoms with Crippen LogP contribution in [0.4, 0.5) is 0 Å². The molecule has 1 saturated carbocycles. The zero-order valence-corrected chi connectivity index (χ0v) is 20.1. The summed E-state index contributed by atoms with van der Waals surface area (Å²) in [5, 5.41) is 12.7. The van der Waals surface area contributed by atoms with Gasteiger partial charge in [0.2, 0.25) is 0 Å². The van der Waals surface area contributed by atoms with Gasteiger partial charge in [0.15, 0.2) is 11.2 Å². The van der Waals surface area contributed by atoms with E-state index in [1.54, 1.807) is 6.07 Å². The standard InChI is InChI=1S/C23H19BrClNO5S/c1-32(28,29)31-20-12-18(14-5-3-2-4-6-14)23(15-7-9-16(24)10-8-15)22(20,27)21-19(30-23)11-17(25)13-26-21/h2-11,13,18,20,27H,12H2,1H3. The molecule has 0 amide bonds. The number of halogens is 2. The Morgan fingerprint density at radius 3 is 2.53 bits per heavy atom. The van der Waals surface area contributed by atoms with Crippen LogP contribution >= 0.6 is 27.5 Å². The van der Waals surface area contributed by atoms with Crippen molar-refractivity contribution in [1.29, 1.82) is 0 Å². The molecule has 0 spiro atoms. The molecule has 0 bridgehead atoms. The van der Waals surface area contributed by atoms with Crippen LogP contribution in [0, 0.1) is 0 Å². The van der Waals surface area contributed by atoms with Gasteiger partial charge in [-0.05, 0) is 29.7 Å². The van der Waals surface area contributed by atoms with E-state index in [-0.39, 0.29) is 12.1 Å². The zero-order valence-electron chi connectivity index (χ0n) is 16.9. The molecular weight excluding hydrogens is 518 g/mol. The van der Waals surface area contributed by atoms with Crippen LogP contribution in [0.2, 0.25) is 5.02 Å². The van der Waals surface area contributed by atoms with Gasteiger partial charge in [0, 0.05) is 22.7 Å². The number of hydrogen-bond donors (Lipinski definition) is 1. The second-order valence-electron chi connectivity index (χ2n) is 8.10. The maximum Gasteiger partial charge on any atom is 0.264 e. The Kier molecular flexibility index (Phi) is 5.14. The van der Waals surface area contributed by atoms with Crippen molar-refractivity contribution in [3.63, 3.8) is 0 Å². The maximum absolute atomic E-state index is 12.4. The smallest absolute Gasteiger partial charge is 0.264 e. The summed E-state index contributed by atoms with van der Waals surface area (Å²) in [6.07, 6.45) is 1.46. The van der Waals surface area contributed by atoms with Gasteiger partial charge in [-0.2, -0.15) is 8.42 Å². The van der Waals surface area contributed by atoms with Gasteiger partial charge in [0.05, 0.1) is 11.3 Å². The highest BCUT2D eigenvalue weighted by molar-refractivity contribution is 9.10. The Morgan fingerprint density at radius 2 is 1.88 bits per heavy atom. The minimum atomic E-state index is -3.89. The van der Waals surface area contributed by atoms with E-state index in [2.05, 4.69) is 20.9 Å². The van der Waals surface area contributed by atoms with Crippen LogP contribution in [0.3, 0.4) is 0 Å². The number of fused-ring (bicyclic) bond motifs is 3. The molecule has 4 unspecified atom stereocenters. The van der Waals surface area contributed by atoms with E-state index in [9.17, 15) is 13.5 Å². The third-order valence-corrected chi connectivity index (χ3v) is 7.51. The fraction of sp³-hybridized carbons (Fsp3) is 0.261. The Balaban J connectivity index is 1.82. The molecule has 4 atom stereocenters. The third kappa shape index (κ3) is 3.20. The van der Waals surface area contributed by atoms with Crippen LogP contribution in [0.25, 0.3) is 0 Å². The summed E-state index contributed by atoms with van der Waals surface area (Å²) in [6, 6.07) is 18.5. The first-order chi connectivity index (χ1) is 15.1. The van der Waals surface area contributed by atoms with Crippen molar-refractivity contribution >= 4 is 37.6 Å². The molecular formula is C23H19BrClNO5S. The predicted octanol–water partition coefficient (Wildman–Crippen LogP) is 4.51. The third-order valence-electron chi connectivity index (χ3n) is 6.19. The summed E-state index contributed by atoms with van der Waals surface area (Å²) in [5.74, 6) is -0.139. The maximum atomic E-state index is 12.4. The first kappa shape index (κ1) is 21.9. The molecule has 0 radical (unpaired) electrons. The van der Waals surface area contributed by atoms with Crippen molar-refractivity contribution < 1.29 is 22.4 Å². The Labute approximate surface area is 199 Å². The molecule has 1 aliphatic heterocycles. The number of ether oxygens (including phenoxy) is 1. The lowest BCUT2D eigenvalue weighted by Gasteiger charge is -2.40. The van der Waals surface area contributed by atoms with Gasteiger partial charge in [-0.15, -0.1) is 0 Å². The fourth-order valence-corrected chi connectivity index (χ4v) is 6.10. The topological polar surface area (TPSA) is 85.7 Å². The number of hydrogen-bond acceptors (Lipinski definition) is 6. The lowest BCUT2D eigenvalue weighted by molar-refractivity contribution is -0.143. The van der Waals surface area contributed by atoms with Gasteiger partial charge in [0.25, 0.3) is 10.1 Å².